The van der Waals surface area contributed by atoms with Gasteiger partial charge in [0.1, 0.15) is 17.5 Å². The van der Waals surface area contributed by atoms with Gasteiger partial charge in [-0.1, -0.05) is 52.3 Å². The Balaban J connectivity index is 1.12. The normalized spacial score (nSPS) is 16.7. The lowest BCUT2D eigenvalue weighted by Gasteiger charge is -2.31. The van der Waals surface area contributed by atoms with Crippen molar-refractivity contribution >= 4 is 16.6 Å². The summed E-state index contributed by atoms with van der Waals surface area (Å²) in [7, 11) is 0. The second kappa shape index (κ2) is 13.8. The summed E-state index contributed by atoms with van der Waals surface area (Å²) in [6.07, 6.45) is 11.3. The average Bonchev–Trinajstić information content (AvgIpc) is 3.68. The fraction of sp³-hybridized carbons (Fsp3) is 0.487. The number of likely N-dealkylation sites (tertiary alicyclic amines) is 1. The lowest BCUT2D eigenvalue weighted by molar-refractivity contribution is 0.194. The number of nitrogens with zero attached hydrogens (tertiary/aromatic N) is 6. The van der Waals surface area contributed by atoms with Gasteiger partial charge >= 0.3 is 0 Å². The Bertz CT molecular complexity index is 1730. The molecule has 6 nitrogen and oxygen atoms in total. The van der Waals surface area contributed by atoms with Crippen LogP contribution in [0.3, 0.4) is 0 Å². The quantitative estimate of drug-likeness (QED) is 0.178. The SMILES string of the molecule is C=C(CC(C)(C)C)c1ccc2nc(CN3CCC(c4nccc(CCc5ccc(C#N)cc5F)n4)CC3)n(CC3CCCC3)c2c1. The molecule has 1 aliphatic heterocycles. The van der Waals surface area contributed by atoms with Gasteiger partial charge < -0.3 is 4.57 Å². The van der Waals surface area contributed by atoms with Crippen LogP contribution in [0.1, 0.15) is 106 Å². The van der Waals surface area contributed by atoms with E-state index in [9.17, 15) is 4.39 Å². The number of aryl methyl sites for hydroxylation is 2. The molecule has 1 saturated carbocycles. The molecule has 2 aliphatic rings. The maximum atomic E-state index is 14.4. The van der Waals surface area contributed by atoms with Crippen LogP contribution in [0.15, 0.2) is 55.2 Å². The van der Waals surface area contributed by atoms with E-state index in [4.69, 9.17) is 15.2 Å². The molecule has 0 radical (unpaired) electrons. The van der Waals surface area contributed by atoms with E-state index in [-0.39, 0.29) is 11.2 Å². The molecular formula is C39H47FN6. The number of piperidine rings is 1. The second-order valence-electron chi connectivity index (χ2n) is 14.7. The maximum Gasteiger partial charge on any atom is 0.131 e. The van der Waals surface area contributed by atoms with Gasteiger partial charge in [0, 0.05) is 24.4 Å². The van der Waals surface area contributed by atoms with E-state index in [1.807, 2.05) is 18.3 Å². The molecule has 6 rings (SSSR count). The molecule has 0 amide bonds. The summed E-state index contributed by atoms with van der Waals surface area (Å²) in [5, 5.41) is 9.01. The smallest absolute Gasteiger partial charge is 0.131 e. The molecule has 46 heavy (non-hydrogen) atoms. The molecule has 3 heterocycles. The zero-order valence-electron chi connectivity index (χ0n) is 27.7. The highest BCUT2D eigenvalue weighted by Crippen LogP contribution is 2.33. The Morgan fingerprint density at radius 3 is 2.50 bits per heavy atom. The lowest BCUT2D eigenvalue weighted by atomic mass is 9.86. The van der Waals surface area contributed by atoms with Gasteiger partial charge in [0.15, 0.2) is 0 Å². The Kier molecular flexibility index (Phi) is 9.65. The number of halogens is 1. The average molecular weight is 619 g/mol. The van der Waals surface area contributed by atoms with Crippen molar-refractivity contribution in [3.63, 3.8) is 0 Å². The van der Waals surface area contributed by atoms with Gasteiger partial charge in [0.2, 0.25) is 0 Å². The Morgan fingerprint density at radius 2 is 1.78 bits per heavy atom. The van der Waals surface area contributed by atoms with Crippen molar-refractivity contribution in [2.45, 2.75) is 97.6 Å². The summed E-state index contributed by atoms with van der Waals surface area (Å²) in [6.45, 7) is 15.1. The second-order valence-corrected chi connectivity index (χ2v) is 14.7. The van der Waals surface area contributed by atoms with Crippen molar-refractivity contribution in [1.82, 2.24) is 24.4 Å². The molecule has 2 aromatic carbocycles. The van der Waals surface area contributed by atoms with Crippen molar-refractivity contribution in [2.75, 3.05) is 13.1 Å². The molecule has 0 unspecified atom stereocenters. The van der Waals surface area contributed by atoms with Crippen molar-refractivity contribution in [3.8, 4) is 6.07 Å². The highest BCUT2D eigenvalue weighted by Gasteiger charge is 2.26. The van der Waals surface area contributed by atoms with Crippen LogP contribution < -0.4 is 0 Å². The van der Waals surface area contributed by atoms with Crippen molar-refractivity contribution in [1.29, 1.82) is 5.26 Å². The number of rotatable bonds is 10. The number of benzene rings is 2. The number of nitriles is 1. The van der Waals surface area contributed by atoms with Gasteiger partial charge in [-0.05, 0) is 116 Å². The van der Waals surface area contributed by atoms with E-state index in [0.29, 0.717) is 29.9 Å². The van der Waals surface area contributed by atoms with E-state index >= 15 is 0 Å². The molecule has 2 fully saturated rings. The summed E-state index contributed by atoms with van der Waals surface area (Å²) in [5.74, 6) is 2.78. The van der Waals surface area contributed by atoms with Crippen LogP contribution in [0.2, 0.25) is 0 Å². The molecule has 4 aromatic rings. The van der Waals surface area contributed by atoms with Gasteiger partial charge in [-0.15, -0.1) is 0 Å². The van der Waals surface area contributed by atoms with Crippen LogP contribution in [0.5, 0.6) is 0 Å². The molecular weight excluding hydrogens is 571 g/mol. The lowest BCUT2D eigenvalue weighted by Crippen LogP contribution is -2.34. The number of hydrogen-bond donors (Lipinski definition) is 0. The fourth-order valence-electron chi connectivity index (χ4n) is 7.29. The van der Waals surface area contributed by atoms with E-state index < -0.39 is 0 Å². The highest BCUT2D eigenvalue weighted by molar-refractivity contribution is 5.81. The molecule has 7 heteroatoms. The van der Waals surface area contributed by atoms with E-state index in [1.165, 1.54) is 54.2 Å². The molecule has 0 atom stereocenters. The van der Waals surface area contributed by atoms with Gasteiger partial charge in [-0.3, -0.25) is 4.90 Å². The number of aromatic nitrogens is 4. The Labute approximate surface area is 273 Å². The predicted octanol–water partition coefficient (Wildman–Crippen LogP) is 8.64. The number of imidazole rings is 1. The molecule has 1 saturated heterocycles. The summed E-state index contributed by atoms with van der Waals surface area (Å²) in [4.78, 5) is 17.3. The molecule has 1 aliphatic carbocycles. The summed E-state index contributed by atoms with van der Waals surface area (Å²) in [5.41, 5.74) is 6.84. The first kappa shape index (κ1) is 32.1. The van der Waals surface area contributed by atoms with Gasteiger partial charge in [-0.2, -0.15) is 5.26 Å². The van der Waals surface area contributed by atoms with Crippen LogP contribution in [0.25, 0.3) is 16.6 Å². The third kappa shape index (κ3) is 7.73. The van der Waals surface area contributed by atoms with Crippen molar-refractivity contribution in [2.24, 2.45) is 11.3 Å². The van der Waals surface area contributed by atoms with E-state index in [0.717, 1.165) is 68.4 Å². The topological polar surface area (TPSA) is 70.6 Å². The summed E-state index contributed by atoms with van der Waals surface area (Å²) in [6, 6.07) is 15.3. The Hall–Kier alpha value is -3.89. The van der Waals surface area contributed by atoms with E-state index in [2.05, 4.69) is 60.0 Å². The third-order valence-electron chi connectivity index (χ3n) is 9.78. The van der Waals surface area contributed by atoms with Crippen LogP contribution in [0, 0.1) is 28.5 Å². The minimum absolute atomic E-state index is 0.200. The number of hydrogen-bond acceptors (Lipinski definition) is 5. The minimum Gasteiger partial charge on any atom is -0.327 e. The maximum absolute atomic E-state index is 14.4. The number of allylic oxidation sites excluding steroid dienone is 1. The zero-order valence-corrected chi connectivity index (χ0v) is 27.7. The first-order valence-corrected chi connectivity index (χ1v) is 17.1. The molecule has 0 bridgehead atoms. The van der Waals surface area contributed by atoms with Gasteiger partial charge in [0.05, 0.1) is 29.2 Å². The van der Waals surface area contributed by atoms with Gasteiger partial charge in [-0.25, -0.2) is 19.3 Å². The third-order valence-corrected chi connectivity index (χ3v) is 9.78. The largest absolute Gasteiger partial charge is 0.327 e. The molecule has 0 spiro atoms. The molecule has 0 N–H and O–H groups in total. The molecule has 240 valence electrons. The first-order chi connectivity index (χ1) is 22.1. The monoisotopic (exact) mass is 618 g/mol. The Morgan fingerprint density at radius 1 is 1.00 bits per heavy atom. The standard InChI is InChI=1S/C39H47FN6/c1-27(23-39(2,3)4)32-12-14-35-36(22-32)46(25-28-7-5-6-8-28)37(44-35)26-45-19-16-31(17-20-45)38-42-18-15-33(43-38)13-11-30-10-9-29(24-41)21-34(30)40/h9-10,12,14-15,18,21-22,28,31H,1,5-8,11,13,16-17,19-20,23,25-26H2,2-4H3. The van der Waals surface area contributed by atoms with Crippen molar-refractivity contribution in [3.05, 3.63) is 95.1 Å². The number of fused-ring (bicyclic) bond motifs is 1. The van der Waals surface area contributed by atoms with Crippen LogP contribution in [-0.4, -0.2) is 37.5 Å². The van der Waals surface area contributed by atoms with E-state index in [1.54, 1.807) is 12.1 Å². The van der Waals surface area contributed by atoms with Gasteiger partial charge in [0.25, 0.3) is 0 Å². The summed E-state index contributed by atoms with van der Waals surface area (Å²) >= 11 is 0. The highest BCUT2D eigenvalue weighted by atomic mass is 19.1. The summed E-state index contributed by atoms with van der Waals surface area (Å²) < 4.78 is 16.9. The van der Waals surface area contributed by atoms with Crippen LogP contribution in [0.4, 0.5) is 4.39 Å². The van der Waals surface area contributed by atoms with Crippen LogP contribution in [-0.2, 0) is 25.9 Å². The minimum atomic E-state index is -0.330. The fourth-order valence-corrected chi connectivity index (χ4v) is 7.29. The molecule has 2 aromatic heterocycles. The van der Waals surface area contributed by atoms with Crippen LogP contribution >= 0.6 is 0 Å². The zero-order chi connectivity index (χ0) is 32.3. The predicted molar refractivity (Wildman–Crippen MR) is 183 cm³/mol. The van der Waals surface area contributed by atoms with Crippen molar-refractivity contribution < 1.29 is 4.39 Å². The first-order valence-electron chi connectivity index (χ1n) is 17.1.